The lowest BCUT2D eigenvalue weighted by molar-refractivity contribution is 0.0922. The number of methoxy groups -OCH3 is 1. The average molecular weight is 449 g/mol. The van der Waals surface area contributed by atoms with Crippen molar-refractivity contribution in [1.82, 2.24) is 9.62 Å². The predicted octanol–water partition coefficient (Wildman–Crippen LogP) is 4.20. The maximum absolute atomic E-state index is 13.2. The van der Waals surface area contributed by atoms with Crippen molar-refractivity contribution in [3.63, 3.8) is 0 Å². The van der Waals surface area contributed by atoms with Gasteiger partial charge in [-0.2, -0.15) is 4.31 Å². The van der Waals surface area contributed by atoms with E-state index in [1.807, 2.05) is 11.4 Å². The zero-order valence-corrected chi connectivity index (χ0v) is 18.8. The van der Waals surface area contributed by atoms with E-state index in [2.05, 4.69) is 11.4 Å². The Balaban J connectivity index is 1.62. The highest BCUT2D eigenvalue weighted by Gasteiger charge is 2.32. The number of hydrogen-bond donors (Lipinski definition) is 1. The van der Waals surface area contributed by atoms with Crippen LogP contribution in [0, 0.1) is 5.92 Å². The third-order valence-electron chi connectivity index (χ3n) is 6.12. The molecular weight excluding hydrogens is 420 g/mol. The molecule has 1 atom stereocenters. The molecule has 1 aliphatic heterocycles. The second-order valence-electron chi connectivity index (χ2n) is 7.99. The molecular formula is C22H28N2O4S2. The lowest BCUT2D eigenvalue weighted by atomic mass is 9.96. The van der Waals surface area contributed by atoms with Gasteiger partial charge in [0, 0.05) is 23.5 Å². The first kappa shape index (κ1) is 21.3. The van der Waals surface area contributed by atoms with Gasteiger partial charge < -0.3 is 10.1 Å². The third-order valence-corrected chi connectivity index (χ3v) is 8.99. The zero-order valence-electron chi connectivity index (χ0n) is 17.2. The van der Waals surface area contributed by atoms with Gasteiger partial charge in [-0.15, -0.1) is 11.3 Å². The maximum atomic E-state index is 13.2. The summed E-state index contributed by atoms with van der Waals surface area (Å²) in [6.07, 6.45) is 6.27. The fourth-order valence-electron chi connectivity index (χ4n) is 4.49. The third kappa shape index (κ3) is 4.26. The van der Waals surface area contributed by atoms with Gasteiger partial charge in [-0.25, -0.2) is 8.42 Å². The molecule has 2 heterocycles. The number of benzene rings is 1. The minimum atomic E-state index is -3.69. The van der Waals surface area contributed by atoms with E-state index in [0.29, 0.717) is 24.6 Å². The van der Waals surface area contributed by atoms with E-state index in [9.17, 15) is 13.2 Å². The molecule has 2 aliphatic rings. The van der Waals surface area contributed by atoms with E-state index in [-0.39, 0.29) is 22.6 Å². The van der Waals surface area contributed by atoms with E-state index in [1.54, 1.807) is 23.5 Å². The van der Waals surface area contributed by atoms with Gasteiger partial charge in [-0.3, -0.25) is 4.79 Å². The Morgan fingerprint density at radius 3 is 2.53 bits per heavy atom. The number of sulfonamides is 1. The van der Waals surface area contributed by atoms with E-state index < -0.39 is 10.0 Å². The van der Waals surface area contributed by atoms with Crippen molar-refractivity contribution >= 4 is 27.3 Å². The maximum Gasteiger partial charge on any atom is 0.251 e. The van der Waals surface area contributed by atoms with Crippen LogP contribution in [0.15, 0.2) is 40.6 Å². The van der Waals surface area contributed by atoms with Crippen LogP contribution in [0.25, 0.3) is 0 Å². The number of nitrogens with one attached hydrogen (secondary N) is 1. The van der Waals surface area contributed by atoms with Crippen LogP contribution in [0.4, 0.5) is 0 Å². The Morgan fingerprint density at radius 1 is 1.17 bits per heavy atom. The summed E-state index contributed by atoms with van der Waals surface area (Å²) in [6.45, 7) is 1.01. The first-order valence-corrected chi connectivity index (χ1v) is 12.8. The molecule has 1 aromatic heterocycles. The summed E-state index contributed by atoms with van der Waals surface area (Å²) in [7, 11) is -2.25. The Kier molecular flexibility index (Phi) is 6.46. The van der Waals surface area contributed by atoms with Crippen LogP contribution in [0.3, 0.4) is 0 Å². The number of ether oxygens (including phenoxy) is 1. The smallest absolute Gasteiger partial charge is 0.251 e. The van der Waals surface area contributed by atoms with E-state index in [4.69, 9.17) is 4.74 Å². The van der Waals surface area contributed by atoms with Gasteiger partial charge in [-0.05, 0) is 61.2 Å². The van der Waals surface area contributed by atoms with Crippen LogP contribution in [-0.4, -0.2) is 38.8 Å². The summed E-state index contributed by atoms with van der Waals surface area (Å²) in [5.74, 6) is 0.434. The topological polar surface area (TPSA) is 75.7 Å². The summed E-state index contributed by atoms with van der Waals surface area (Å²) in [5, 5.41) is 5.21. The molecule has 1 unspecified atom stereocenters. The SMILES string of the molecule is COc1ccc(C(=O)NC(c2cccs2)C2CCCC2)cc1S(=O)(=O)N1CCCC1. The van der Waals surface area contributed by atoms with Crippen molar-refractivity contribution in [1.29, 1.82) is 0 Å². The molecule has 2 fully saturated rings. The van der Waals surface area contributed by atoms with E-state index in [1.165, 1.54) is 30.3 Å². The first-order valence-electron chi connectivity index (χ1n) is 10.5. The predicted molar refractivity (Wildman–Crippen MR) is 117 cm³/mol. The quantitative estimate of drug-likeness (QED) is 0.689. The summed E-state index contributed by atoms with van der Waals surface area (Å²) < 4.78 is 33.0. The Labute approximate surface area is 182 Å². The summed E-state index contributed by atoms with van der Waals surface area (Å²) in [4.78, 5) is 14.4. The number of nitrogens with zero attached hydrogens (tertiary/aromatic N) is 1. The summed E-state index contributed by atoms with van der Waals surface area (Å²) >= 11 is 1.65. The molecule has 1 saturated carbocycles. The number of rotatable bonds is 7. The van der Waals surface area contributed by atoms with Gasteiger partial charge in [0.15, 0.2) is 0 Å². The van der Waals surface area contributed by atoms with Crippen molar-refractivity contribution in [2.24, 2.45) is 5.92 Å². The van der Waals surface area contributed by atoms with Crippen molar-refractivity contribution in [2.45, 2.75) is 49.5 Å². The summed E-state index contributed by atoms with van der Waals surface area (Å²) in [5.41, 5.74) is 0.341. The Bertz CT molecular complexity index is 977. The standard InChI is InChI=1S/C22H28N2O4S2/c1-28-18-11-10-17(15-20(18)30(26,27)24-12-4-5-13-24)22(25)23-21(16-7-2-3-8-16)19-9-6-14-29-19/h6,9-11,14-16,21H,2-5,7-8,12-13H2,1H3,(H,23,25). The molecule has 1 aromatic carbocycles. The van der Waals surface area contributed by atoms with Gasteiger partial charge in [0.05, 0.1) is 13.2 Å². The van der Waals surface area contributed by atoms with Crippen molar-refractivity contribution in [3.8, 4) is 5.75 Å². The van der Waals surface area contributed by atoms with Crippen LogP contribution in [0.5, 0.6) is 5.75 Å². The second-order valence-corrected chi connectivity index (χ2v) is 10.9. The van der Waals surface area contributed by atoms with Crippen LogP contribution < -0.4 is 10.1 Å². The fourth-order valence-corrected chi connectivity index (χ4v) is 7.06. The number of carbonyl (C=O) groups is 1. The Hall–Kier alpha value is -1.90. The molecule has 0 bridgehead atoms. The van der Waals surface area contributed by atoms with Crippen molar-refractivity contribution in [2.75, 3.05) is 20.2 Å². The average Bonchev–Trinajstić information content (AvgIpc) is 3.53. The van der Waals surface area contributed by atoms with Crippen LogP contribution in [-0.2, 0) is 10.0 Å². The van der Waals surface area contributed by atoms with Crippen LogP contribution in [0.2, 0.25) is 0 Å². The van der Waals surface area contributed by atoms with E-state index >= 15 is 0 Å². The molecule has 0 spiro atoms. The first-order chi connectivity index (χ1) is 14.5. The lowest BCUT2D eigenvalue weighted by Gasteiger charge is -2.24. The molecule has 1 N–H and O–H groups in total. The highest BCUT2D eigenvalue weighted by molar-refractivity contribution is 7.89. The number of amides is 1. The van der Waals surface area contributed by atoms with Gasteiger partial charge in [0.25, 0.3) is 5.91 Å². The zero-order chi connectivity index (χ0) is 21.1. The van der Waals surface area contributed by atoms with Crippen molar-refractivity contribution < 1.29 is 17.9 Å². The number of carbonyl (C=O) groups excluding carboxylic acids is 1. The number of thiophene rings is 1. The van der Waals surface area contributed by atoms with E-state index in [0.717, 1.165) is 30.6 Å². The number of hydrogen-bond acceptors (Lipinski definition) is 5. The molecule has 1 amide bonds. The molecule has 1 aliphatic carbocycles. The molecule has 0 radical (unpaired) electrons. The largest absolute Gasteiger partial charge is 0.495 e. The summed E-state index contributed by atoms with van der Waals surface area (Å²) in [6, 6.07) is 8.70. The minimum absolute atomic E-state index is 0.0410. The highest BCUT2D eigenvalue weighted by Crippen LogP contribution is 2.38. The van der Waals surface area contributed by atoms with Gasteiger partial charge in [0.2, 0.25) is 10.0 Å². The molecule has 2 aromatic rings. The Morgan fingerprint density at radius 2 is 1.90 bits per heavy atom. The fraction of sp³-hybridized carbons (Fsp3) is 0.500. The van der Waals surface area contributed by atoms with Crippen molar-refractivity contribution in [3.05, 3.63) is 46.2 Å². The van der Waals surface area contributed by atoms with Crippen LogP contribution >= 0.6 is 11.3 Å². The normalized spacial score (nSPS) is 19.1. The minimum Gasteiger partial charge on any atom is -0.495 e. The molecule has 4 rings (SSSR count). The molecule has 1 saturated heterocycles. The molecule has 162 valence electrons. The van der Waals surface area contributed by atoms with Gasteiger partial charge in [-0.1, -0.05) is 18.9 Å². The highest BCUT2D eigenvalue weighted by atomic mass is 32.2. The molecule has 30 heavy (non-hydrogen) atoms. The van der Waals surface area contributed by atoms with Gasteiger partial charge in [0.1, 0.15) is 10.6 Å². The van der Waals surface area contributed by atoms with Gasteiger partial charge >= 0.3 is 0 Å². The lowest BCUT2D eigenvalue weighted by Crippen LogP contribution is -2.33. The molecule has 6 nitrogen and oxygen atoms in total. The monoisotopic (exact) mass is 448 g/mol. The molecule has 8 heteroatoms. The van der Waals surface area contributed by atoms with Crippen LogP contribution in [0.1, 0.15) is 59.8 Å². The second kappa shape index (κ2) is 9.08.